The predicted octanol–water partition coefficient (Wildman–Crippen LogP) is 4.14. The third kappa shape index (κ3) is 1.86. The van der Waals surface area contributed by atoms with Crippen LogP contribution in [-0.2, 0) is 4.79 Å². The average molecular weight is 318 g/mol. The summed E-state index contributed by atoms with van der Waals surface area (Å²) in [5, 5.41) is 10.9. The zero-order chi connectivity index (χ0) is 16.6. The zero-order valence-corrected chi connectivity index (χ0v) is 14.4. The quantitative estimate of drug-likeness (QED) is 0.682. The molecule has 0 unspecified atom stereocenters. The van der Waals surface area contributed by atoms with Crippen LogP contribution >= 0.6 is 0 Å². The predicted molar refractivity (Wildman–Crippen MR) is 87.6 cm³/mol. The minimum absolute atomic E-state index is 0.0711. The maximum atomic E-state index is 14.2. The Morgan fingerprint density at radius 2 is 2.00 bits per heavy atom. The highest BCUT2D eigenvalue weighted by atomic mass is 19.1. The fourth-order valence-corrected chi connectivity index (χ4v) is 6.11. The zero-order valence-electron chi connectivity index (χ0n) is 14.4. The molecule has 0 aliphatic heterocycles. The molecule has 6 atom stereocenters. The number of carbonyl (C=O) groups is 1. The molecule has 0 radical (unpaired) electrons. The first kappa shape index (κ1) is 15.6. The number of rotatable bonds is 0. The van der Waals surface area contributed by atoms with Gasteiger partial charge in [-0.25, -0.2) is 4.39 Å². The number of carbonyl (C=O) groups excluding carboxylic acids is 1. The van der Waals surface area contributed by atoms with E-state index in [4.69, 9.17) is 0 Å². The summed E-state index contributed by atoms with van der Waals surface area (Å²) in [6.07, 6.45) is 7.53. The highest BCUT2D eigenvalue weighted by molar-refractivity contribution is 5.95. The molecule has 0 spiro atoms. The molecule has 126 valence electrons. The molecule has 0 heterocycles. The van der Waals surface area contributed by atoms with E-state index in [9.17, 15) is 14.3 Å². The van der Waals surface area contributed by atoms with Gasteiger partial charge in [-0.2, -0.15) is 0 Å². The monoisotopic (exact) mass is 318 g/mol. The first-order valence-electron chi connectivity index (χ1n) is 9.01. The van der Waals surface area contributed by atoms with Crippen molar-refractivity contribution in [3.63, 3.8) is 0 Å². The maximum Gasteiger partial charge on any atom is 0.189 e. The van der Waals surface area contributed by atoms with Crippen LogP contribution < -0.4 is 0 Å². The average Bonchev–Trinajstić information content (AvgIpc) is 2.71. The standard InChI is InChI=1S/C20H27FO2/c1-18-11-16(21)17(22)10-12(18)4-5-13-14(18)6-8-19(2)15(13)7-9-20(19,3)23/h6,10,13,15-16,23H,4-5,7-9,11H2,1-3H3/t13-,15-,16+,18+,19-,20-/m1/s1. The Balaban J connectivity index is 1.78. The topological polar surface area (TPSA) is 37.3 Å². The van der Waals surface area contributed by atoms with Crippen LogP contribution in [-0.4, -0.2) is 22.7 Å². The van der Waals surface area contributed by atoms with E-state index >= 15 is 0 Å². The van der Waals surface area contributed by atoms with E-state index < -0.39 is 11.8 Å². The minimum Gasteiger partial charge on any atom is -0.390 e. The van der Waals surface area contributed by atoms with E-state index in [1.54, 1.807) is 6.08 Å². The largest absolute Gasteiger partial charge is 0.390 e. The van der Waals surface area contributed by atoms with Crippen LogP contribution in [0.2, 0.25) is 0 Å². The van der Waals surface area contributed by atoms with E-state index in [1.807, 2.05) is 6.92 Å². The summed E-state index contributed by atoms with van der Waals surface area (Å²) < 4.78 is 14.2. The molecule has 23 heavy (non-hydrogen) atoms. The van der Waals surface area contributed by atoms with Gasteiger partial charge in [-0.1, -0.05) is 31.1 Å². The van der Waals surface area contributed by atoms with E-state index in [-0.39, 0.29) is 16.6 Å². The van der Waals surface area contributed by atoms with E-state index in [2.05, 4.69) is 19.9 Å². The van der Waals surface area contributed by atoms with Crippen molar-refractivity contribution in [1.29, 1.82) is 0 Å². The van der Waals surface area contributed by atoms with Gasteiger partial charge in [0.15, 0.2) is 12.0 Å². The molecule has 0 aromatic heterocycles. The second-order valence-electron chi connectivity index (χ2n) is 8.92. The van der Waals surface area contributed by atoms with Crippen molar-refractivity contribution >= 4 is 5.78 Å². The molecule has 0 bridgehead atoms. The van der Waals surface area contributed by atoms with Crippen LogP contribution in [0.25, 0.3) is 0 Å². The Kier molecular flexibility index (Phi) is 3.09. The van der Waals surface area contributed by atoms with Gasteiger partial charge in [-0.3, -0.25) is 4.79 Å². The number of aliphatic hydroxyl groups is 1. The highest BCUT2D eigenvalue weighted by Crippen LogP contribution is 2.65. The van der Waals surface area contributed by atoms with E-state index in [1.165, 1.54) is 5.57 Å². The molecule has 2 fully saturated rings. The molecule has 3 heteroatoms. The summed E-state index contributed by atoms with van der Waals surface area (Å²) in [4.78, 5) is 11.8. The Bertz CT molecular complexity index is 632. The summed E-state index contributed by atoms with van der Waals surface area (Å²) in [6.45, 7) is 6.35. The third-order valence-corrected chi connectivity index (χ3v) is 7.91. The van der Waals surface area contributed by atoms with E-state index in [0.717, 1.165) is 37.7 Å². The molecule has 0 aromatic carbocycles. The van der Waals surface area contributed by atoms with Gasteiger partial charge in [-0.05, 0) is 63.4 Å². The number of allylic oxidation sites excluding steroid dienone is 4. The summed E-state index contributed by atoms with van der Waals surface area (Å²) in [7, 11) is 0. The minimum atomic E-state index is -1.36. The summed E-state index contributed by atoms with van der Waals surface area (Å²) in [5.74, 6) is 0.567. The van der Waals surface area contributed by atoms with Crippen molar-refractivity contribution in [3.05, 3.63) is 23.3 Å². The molecule has 2 saturated carbocycles. The smallest absolute Gasteiger partial charge is 0.189 e. The number of hydrogen-bond acceptors (Lipinski definition) is 2. The normalized spacial score (nSPS) is 52.2. The van der Waals surface area contributed by atoms with Crippen molar-refractivity contribution in [2.75, 3.05) is 0 Å². The number of fused-ring (bicyclic) bond motifs is 5. The highest BCUT2D eigenvalue weighted by Gasteiger charge is 2.60. The first-order valence-corrected chi connectivity index (χ1v) is 9.01. The second-order valence-corrected chi connectivity index (χ2v) is 8.92. The Morgan fingerprint density at radius 1 is 1.26 bits per heavy atom. The van der Waals surface area contributed by atoms with Gasteiger partial charge in [0.05, 0.1) is 5.60 Å². The lowest BCUT2D eigenvalue weighted by atomic mass is 9.51. The van der Waals surface area contributed by atoms with Crippen LogP contribution in [0.1, 0.15) is 59.3 Å². The number of alkyl halides is 1. The molecule has 4 aliphatic carbocycles. The number of ketones is 1. The van der Waals surface area contributed by atoms with Crippen LogP contribution in [0.4, 0.5) is 4.39 Å². The molecular weight excluding hydrogens is 291 g/mol. The number of hydrogen-bond donors (Lipinski definition) is 1. The summed E-state index contributed by atoms with van der Waals surface area (Å²) in [6, 6.07) is 0. The van der Waals surface area contributed by atoms with Crippen LogP contribution in [0.15, 0.2) is 23.3 Å². The fourth-order valence-electron chi connectivity index (χ4n) is 6.11. The fraction of sp³-hybridized carbons (Fsp3) is 0.750. The Labute approximate surface area is 137 Å². The van der Waals surface area contributed by atoms with Crippen molar-refractivity contribution in [2.24, 2.45) is 22.7 Å². The molecule has 2 nitrogen and oxygen atoms in total. The Hall–Kier alpha value is -0.960. The van der Waals surface area contributed by atoms with E-state index in [0.29, 0.717) is 18.3 Å². The molecule has 4 rings (SSSR count). The molecule has 4 aliphatic rings. The lowest BCUT2D eigenvalue weighted by Gasteiger charge is -2.54. The van der Waals surface area contributed by atoms with Crippen molar-refractivity contribution in [2.45, 2.75) is 71.1 Å². The third-order valence-electron chi connectivity index (χ3n) is 7.91. The SMILES string of the molecule is C[C@]12C[C@H](F)C(=O)C=C1CC[C@@H]1C2=CC[C@]2(C)[C@@H]1CC[C@@]2(C)O. The summed E-state index contributed by atoms with van der Waals surface area (Å²) in [5.41, 5.74) is 1.52. The Morgan fingerprint density at radius 3 is 2.74 bits per heavy atom. The van der Waals surface area contributed by atoms with Gasteiger partial charge in [0.2, 0.25) is 0 Å². The van der Waals surface area contributed by atoms with Crippen molar-refractivity contribution in [3.8, 4) is 0 Å². The lowest BCUT2D eigenvalue weighted by molar-refractivity contribution is -0.121. The molecule has 0 aromatic rings. The summed E-state index contributed by atoms with van der Waals surface area (Å²) >= 11 is 0. The molecular formula is C20H27FO2. The molecule has 0 saturated heterocycles. The van der Waals surface area contributed by atoms with Gasteiger partial charge in [-0.15, -0.1) is 0 Å². The maximum absolute atomic E-state index is 14.2. The van der Waals surface area contributed by atoms with Crippen LogP contribution in [0.5, 0.6) is 0 Å². The first-order chi connectivity index (χ1) is 10.7. The number of halogens is 1. The lowest BCUT2D eigenvalue weighted by Crippen LogP contribution is -2.50. The van der Waals surface area contributed by atoms with Crippen LogP contribution in [0, 0.1) is 22.7 Å². The molecule has 1 N–H and O–H groups in total. The van der Waals surface area contributed by atoms with Crippen molar-refractivity contribution < 1.29 is 14.3 Å². The van der Waals surface area contributed by atoms with Gasteiger partial charge >= 0.3 is 0 Å². The van der Waals surface area contributed by atoms with Gasteiger partial charge in [0.25, 0.3) is 0 Å². The second kappa shape index (κ2) is 4.56. The van der Waals surface area contributed by atoms with Crippen molar-refractivity contribution in [1.82, 2.24) is 0 Å². The van der Waals surface area contributed by atoms with Gasteiger partial charge in [0, 0.05) is 10.8 Å². The van der Waals surface area contributed by atoms with Gasteiger partial charge in [0.1, 0.15) is 0 Å². The van der Waals surface area contributed by atoms with Gasteiger partial charge < -0.3 is 5.11 Å². The molecule has 0 amide bonds. The van der Waals surface area contributed by atoms with Crippen LogP contribution in [0.3, 0.4) is 0 Å².